The standard InChI is InChI=1S/C23H24N2O2/c1-2-21(26)24-14-17-8-10-18(11-9-17)22(27)25-15-19-6-3-4-7-20(19)23(16-25)12-5-13-23/h2-4,6-11H,1,5,12-16H2,(H,24,26). The highest BCUT2D eigenvalue weighted by atomic mass is 16.2. The number of nitrogens with zero attached hydrogens (tertiary/aromatic N) is 1. The Morgan fingerprint density at radius 2 is 1.85 bits per heavy atom. The van der Waals surface area contributed by atoms with Crippen LogP contribution in [0.4, 0.5) is 0 Å². The number of hydrogen-bond donors (Lipinski definition) is 1. The number of benzene rings is 2. The van der Waals surface area contributed by atoms with Gasteiger partial charge in [-0.05, 0) is 47.7 Å². The number of nitrogens with one attached hydrogen (secondary N) is 1. The van der Waals surface area contributed by atoms with Gasteiger partial charge in [0.2, 0.25) is 5.91 Å². The van der Waals surface area contributed by atoms with Gasteiger partial charge in [-0.25, -0.2) is 0 Å². The average Bonchev–Trinajstić information content (AvgIpc) is 2.69. The van der Waals surface area contributed by atoms with E-state index in [1.165, 1.54) is 23.6 Å². The molecule has 2 aromatic rings. The first-order valence-electron chi connectivity index (χ1n) is 9.48. The van der Waals surface area contributed by atoms with E-state index in [2.05, 4.69) is 36.2 Å². The van der Waals surface area contributed by atoms with Gasteiger partial charge in [-0.2, -0.15) is 0 Å². The van der Waals surface area contributed by atoms with E-state index in [0.29, 0.717) is 18.7 Å². The lowest BCUT2D eigenvalue weighted by atomic mass is 9.61. The van der Waals surface area contributed by atoms with Gasteiger partial charge in [0.05, 0.1) is 0 Å². The van der Waals surface area contributed by atoms with Crippen LogP contribution in [0, 0.1) is 0 Å². The van der Waals surface area contributed by atoms with Crippen LogP contribution in [-0.4, -0.2) is 23.3 Å². The van der Waals surface area contributed by atoms with Crippen LogP contribution < -0.4 is 5.32 Å². The van der Waals surface area contributed by atoms with Crippen LogP contribution in [-0.2, 0) is 23.3 Å². The molecule has 1 N–H and O–H groups in total. The zero-order chi connectivity index (χ0) is 18.9. The minimum atomic E-state index is -0.201. The number of fused-ring (bicyclic) bond motifs is 2. The van der Waals surface area contributed by atoms with E-state index in [-0.39, 0.29) is 17.2 Å². The highest BCUT2D eigenvalue weighted by Crippen LogP contribution is 2.48. The predicted octanol–water partition coefficient (Wildman–Crippen LogP) is 3.57. The highest BCUT2D eigenvalue weighted by molar-refractivity contribution is 5.94. The molecule has 0 aromatic heterocycles. The Hall–Kier alpha value is -2.88. The summed E-state index contributed by atoms with van der Waals surface area (Å²) in [4.78, 5) is 26.4. The molecule has 0 bridgehead atoms. The minimum absolute atomic E-state index is 0.0810. The Kier molecular flexibility index (Phi) is 4.56. The molecule has 4 nitrogen and oxygen atoms in total. The average molecular weight is 360 g/mol. The second kappa shape index (κ2) is 7.03. The van der Waals surface area contributed by atoms with Crippen molar-refractivity contribution in [3.8, 4) is 0 Å². The van der Waals surface area contributed by atoms with E-state index in [0.717, 1.165) is 24.9 Å². The molecule has 0 unspecified atom stereocenters. The van der Waals surface area contributed by atoms with Gasteiger partial charge in [-0.3, -0.25) is 9.59 Å². The number of carbonyl (C=O) groups is 2. The zero-order valence-corrected chi connectivity index (χ0v) is 15.4. The van der Waals surface area contributed by atoms with Crippen LogP contribution in [0.25, 0.3) is 0 Å². The van der Waals surface area contributed by atoms with Crippen LogP contribution in [0.1, 0.15) is 46.3 Å². The lowest BCUT2D eigenvalue weighted by molar-refractivity contribution is -0.116. The third-order valence-corrected chi connectivity index (χ3v) is 5.89. The van der Waals surface area contributed by atoms with Crippen molar-refractivity contribution in [2.75, 3.05) is 6.54 Å². The first-order valence-corrected chi connectivity index (χ1v) is 9.48. The molecule has 4 heteroatoms. The molecule has 1 aliphatic heterocycles. The Bertz CT molecular complexity index is 882. The highest BCUT2D eigenvalue weighted by Gasteiger charge is 2.45. The Labute approximate surface area is 159 Å². The summed E-state index contributed by atoms with van der Waals surface area (Å²) in [6, 6.07) is 16.1. The molecular formula is C23H24N2O2. The van der Waals surface area contributed by atoms with E-state index in [4.69, 9.17) is 0 Å². The summed E-state index contributed by atoms with van der Waals surface area (Å²) in [6.07, 6.45) is 4.81. The summed E-state index contributed by atoms with van der Waals surface area (Å²) < 4.78 is 0. The van der Waals surface area contributed by atoms with Crippen LogP contribution in [0.15, 0.2) is 61.2 Å². The van der Waals surface area contributed by atoms with E-state index in [1.807, 2.05) is 29.2 Å². The van der Waals surface area contributed by atoms with Crippen molar-refractivity contribution in [3.05, 3.63) is 83.4 Å². The van der Waals surface area contributed by atoms with Crippen molar-refractivity contribution in [1.82, 2.24) is 10.2 Å². The van der Waals surface area contributed by atoms with Gasteiger partial charge < -0.3 is 10.2 Å². The summed E-state index contributed by atoms with van der Waals surface area (Å²) in [5.41, 5.74) is 4.53. The Balaban J connectivity index is 1.50. The lowest BCUT2D eigenvalue weighted by Crippen LogP contribution is -2.51. The first-order chi connectivity index (χ1) is 13.1. The second-order valence-electron chi connectivity index (χ2n) is 7.57. The van der Waals surface area contributed by atoms with Crippen molar-refractivity contribution < 1.29 is 9.59 Å². The van der Waals surface area contributed by atoms with Crippen LogP contribution in [0.5, 0.6) is 0 Å². The summed E-state index contributed by atoms with van der Waals surface area (Å²) in [6.45, 7) is 5.35. The first kappa shape index (κ1) is 17.5. The van der Waals surface area contributed by atoms with Gasteiger partial charge in [-0.15, -0.1) is 0 Å². The molecule has 0 atom stereocenters. The number of amides is 2. The van der Waals surface area contributed by atoms with Crippen molar-refractivity contribution in [1.29, 1.82) is 0 Å². The maximum absolute atomic E-state index is 13.1. The largest absolute Gasteiger partial charge is 0.348 e. The molecule has 4 rings (SSSR count). The van der Waals surface area contributed by atoms with Crippen molar-refractivity contribution >= 4 is 11.8 Å². The fourth-order valence-electron chi connectivity index (χ4n) is 4.27. The molecular weight excluding hydrogens is 336 g/mol. The maximum atomic E-state index is 13.1. The second-order valence-corrected chi connectivity index (χ2v) is 7.57. The molecule has 0 radical (unpaired) electrons. The van der Waals surface area contributed by atoms with Crippen LogP contribution in [0.2, 0.25) is 0 Å². The number of rotatable bonds is 4. The third kappa shape index (κ3) is 3.27. The summed E-state index contributed by atoms with van der Waals surface area (Å²) in [5, 5.41) is 2.75. The molecule has 2 aromatic carbocycles. The molecule has 1 aliphatic carbocycles. The van der Waals surface area contributed by atoms with E-state index < -0.39 is 0 Å². The summed E-state index contributed by atoms with van der Waals surface area (Å²) in [5.74, 6) is -0.120. The third-order valence-electron chi connectivity index (χ3n) is 5.89. The number of carbonyl (C=O) groups excluding carboxylic acids is 2. The van der Waals surface area contributed by atoms with E-state index >= 15 is 0 Å². The topological polar surface area (TPSA) is 49.4 Å². The zero-order valence-electron chi connectivity index (χ0n) is 15.4. The fraction of sp³-hybridized carbons (Fsp3) is 0.304. The Morgan fingerprint density at radius 1 is 1.11 bits per heavy atom. The molecule has 1 spiro atoms. The maximum Gasteiger partial charge on any atom is 0.254 e. The van der Waals surface area contributed by atoms with Gasteiger partial charge in [0.15, 0.2) is 0 Å². The lowest BCUT2D eigenvalue weighted by Gasteiger charge is -2.50. The van der Waals surface area contributed by atoms with Crippen LogP contribution >= 0.6 is 0 Å². The molecule has 0 saturated heterocycles. The number of hydrogen-bond acceptors (Lipinski definition) is 2. The van der Waals surface area contributed by atoms with E-state index in [1.54, 1.807) is 0 Å². The molecule has 1 saturated carbocycles. The summed E-state index contributed by atoms with van der Waals surface area (Å²) in [7, 11) is 0. The molecule has 2 aliphatic rings. The normalized spacial score (nSPS) is 17.0. The van der Waals surface area contributed by atoms with Crippen molar-refractivity contribution in [2.24, 2.45) is 0 Å². The smallest absolute Gasteiger partial charge is 0.254 e. The van der Waals surface area contributed by atoms with Gasteiger partial charge in [-0.1, -0.05) is 49.4 Å². The van der Waals surface area contributed by atoms with Crippen molar-refractivity contribution in [2.45, 2.75) is 37.8 Å². The molecule has 27 heavy (non-hydrogen) atoms. The van der Waals surface area contributed by atoms with Gasteiger partial charge in [0, 0.05) is 30.6 Å². The quantitative estimate of drug-likeness (QED) is 0.848. The van der Waals surface area contributed by atoms with E-state index in [9.17, 15) is 9.59 Å². The van der Waals surface area contributed by atoms with Crippen molar-refractivity contribution in [3.63, 3.8) is 0 Å². The van der Waals surface area contributed by atoms with Crippen LogP contribution in [0.3, 0.4) is 0 Å². The van der Waals surface area contributed by atoms with Gasteiger partial charge in [0.25, 0.3) is 5.91 Å². The van der Waals surface area contributed by atoms with Gasteiger partial charge in [0.1, 0.15) is 0 Å². The molecule has 1 fully saturated rings. The fourth-order valence-corrected chi connectivity index (χ4v) is 4.27. The van der Waals surface area contributed by atoms with Gasteiger partial charge >= 0.3 is 0 Å². The minimum Gasteiger partial charge on any atom is -0.348 e. The monoisotopic (exact) mass is 360 g/mol. The molecule has 2 amide bonds. The Morgan fingerprint density at radius 3 is 2.52 bits per heavy atom. The predicted molar refractivity (Wildman–Crippen MR) is 105 cm³/mol. The summed E-state index contributed by atoms with van der Waals surface area (Å²) >= 11 is 0. The molecule has 1 heterocycles. The molecule has 138 valence electrons. The SMILES string of the molecule is C=CC(=O)NCc1ccc(C(=O)N2Cc3ccccc3C3(CCC3)C2)cc1.